The van der Waals surface area contributed by atoms with Gasteiger partial charge in [-0.3, -0.25) is 9.59 Å². The number of hydrogen-bond donors (Lipinski definition) is 2. The van der Waals surface area contributed by atoms with Crippen LogP contribution in [-0.4, -0.2) is 29.9 Å². The van der Waals surface area contributed by atoms with Gasteiger partial charge in [0.2, 0.25) is 11.8 Å². The molecule has 0 spiro atoms. The molecule has 1 aromatic rings. The molecule has 0 radical (unpaired) electrons. The number of halogens is 1. The van der Waals surface area contributed by atoms with E-state index in [1.165, 1.54) is 0 Å². The van der Waals surface area contributed by atoms with Crippen molar-refractivity contribution in [2.24, 2.45) is 11.7 Å². The van der Waals surface area contributed by atoms with Gasteiger partial charge in [-0.25, -0.2) is 0 Å². The molecule has 1 aliphatic carbocycles. The van der Waals surface area contributed by atoms with E-state index in [9.17, 15) is 9.59 Å². The number of rotatable bonds is 3. The molecule has 1 aliphatic heterocycles. The summed E-state index contributed by atoms with van der Waals surface area (Å²) in [6, 6.07) is 9.45. The van der Waals surface area contributed by atoms with Crippen LogP contribution >= 0.6 is 12.4 Å². The Kier molecular flexibility index (Phi) is 5.88. The minimum atomic E-state index is -0.440. The summed E-state index contributed by atoms with van der Waals surface area (Å²) in [5, 5.41) is 3.05. The summed E-state index contributed by atoms with van der Waals surface area (Å²) in [5.74, 6) is -0.0970. The van der Waals surface area contributed by atoms with Crippen LogP contribution in [0.4, 0.5) is 5.69 Å². The number of nitrogens with one attached hydrogen (secondary N) is 1. The van der Waals surface area contributed by atoms with Gasteiger partial charge in [-0.1, -0.05) is 31.0 Å². The van der Waals surface area contributed by atoms with Crippen molar-refractivity contribution >= 4 is 29.9 Å². The Bertz CT molecular complexity index is 591. The van der Waals surface area contributed by atoms with E-state index in [1.54, 1.807) is 4.90 Å². The fourth-order valence-electron chi connectivity index (χ4n) is 3.75. The molecule has 1 saturated carbocycles. The van der Waals surface area contributed by atoms with Crippen molar-refractivity contribution in [2.45, 2.75) is 50.6 Å². The predicted molar refractivity (Wildman–Crippen MR) is 97.1 cm³/mol. The molecule has 5 nitrogen and oxygen atoms in total. The minimum absolute atomic E-state index is 0. The second-order valence-corrected chi connectivity index (χ2v) is 7.05. The maximum Gasteiger partial charge on any atom is 0.229 e. The van der Waals surface area contributed by atoms with Crippen molar-refractivity contribution in [1.29, 1.82) is 0 Å². The number of benzene rings is 1. The highest BCUT2D eigenvalue weighted by Crippen LogP contribution is 2.32. The lowest BCUT2D eigenvalue weighted by atomic mass is 9.74. The van der Waals surface area contributed by atoms with Gasteiger partial charge in [-0.2, -0.15) is 0 Å². The number of carbonyl (C=O) groups excluding carboxylic acids is 2. The summed E-state index contributed by atoms with van der Waals surface area (Å²) in [6.07, 6.45) is 4.20. The Labute approximate surface area is 149 Å². The SMILES string of the molecule is CC1(N)CCCCC1C(=O)NC1CC(=O)N(c2ccccc2)C1.Cl. The quantitative estimate of drug-likeness (QED) is 0.876. The fraction of sp³-hybridized carbons (Fsp3) is 0.556. The van der Waals surface area contributed by atoms with Crippen molar-refractivity contribution in [1.82, 2.24) is 5.32 Å². The van der Waals surface area contributed by atoms with E-state index >= 15 is 0 Å². The molecule has 1 saturated heterocycles. The van der Waals surface area contributed by atoms with Crippen molar-refractivity contribution in [3.8, 4) is 0 Å². The van der Waals surface area contributed by atoms with Gasteiger partial charge in [0.1, 0.15) is 0 Å². The third-order valence-electron chi connectivity index (χ3n) is 5.11. The summed E-state index contributed by atoms with van der Waals surface area (Å²) in [6.45, 7) is 2.50. The predicted octanol–water partition coefficient (Wildman–Crippen LogP) is 2.24. The topological polar surface area (TPSA) is 75.4 Å². The van der Waals surface area contributed by atoms with Crippen LogP contribution in [-0.2, 0) is 9.59 Å². The van der Waals surface area contributed by atoms with E-state index in [4.69, 9.17) is 5.73 Å². The highest BCUT2D eigenvalue weighted by molar-refractivity contribution is 5.97. The number of amides is 2. The molecule has 24 heavy (non-hydrogen) atoms. The van der Waals surface area contributed by atoms with Crippen LogP contribution < -0.4 is 16.0 Å². The highest BCUT2D eigenvalue weighted by atomic mass is 35.5. The molecule has 0 aromatic heterocycles. The molecule has 2 aliphatic rings. The zero-order valence-electron chi connectivity index (χ0n) is 14.0. The summed E-state index contributed by atoms with van der Waals surface area (Å²) in [5.41, 5.74) is 6.75. The fourth-order valence-corrected chi connectivity index (χ4v) is 3.75. The van der Waals surface area contributed by atoms with Crippen LogP contribution in [0.25, 0.3) is 0 Å². The molecule has 132 valence electrons. The summed E-state index contributed by atoms with van der Waals surface area (Å²) < 4.78 is 0. The monoisotopic (exact) mass is 351 g/mol. The van der Waals surface area contributed by atoms with Crippen LogP contribution in [0.15, 0.2) is 30.3 Å². The lowest BCUT2D eigenvalue weighted by Gasteiger charge is -2.37. The molecular formula is C18H26ClN3O2. The largest absolute Gasteiger partial charge is 0.351 e. The Balaban J connectivity index is 0.00000208. The number of nitrogens with two attached hydrogens (primary N) is 1. The van der Waals surface area contributed by atoms with E-state index in [-0.39, 0.29) is 36.2 Å². The van der Waals surface area contributed by atoms with Crippen molar-refractivity contribution in [3.05, 3.63) is 30.3 Å². The second-order valence-electron chi connectivity index (χ2n) is 7.05. The van der Waals surface area contributed by atoms with E-state index in [1.807, 2.05) is 37.3 Å². The first-order valence-corrected chi connectivity index (χ1v) is 8.42. The second kappa shape index (κ2) is 7.53. The van der Waals surface area contributed by atoms with E-state index in [2.05, 4.69) is 5.32 Å². The molecule has 3 N–H and O–H groups in total. The maximum absolute atomic E-state index is 12.6. The van der Waals surface area contributed by atoms with Gasteiger partial charge in [0.15, 0.2) is 0 Å². The van der Waals surface area contributed by atoms with E-state index in [0.717, 1.165) is 31.4 Å². The first-order chi connectivity index (χ1) is 11.0. The number of nitrogens with zero attached hydrogens (tertiary/aromatic N) is 1. The minimum Gasteiger partial charge on any atom is -0.351 e. The van der Waals surface area contributed by atoms with Crippen LogP contribution in [0, 0.1) is 5.92 Å². The molecule has 3 rings (SSSR count). The zero-order chi connectivity index (χ0) is 16.4. The van der Waals surface area contributed by atoms with E-state index in [0.29, 0.717) is 13.0 Å². The van der Waals surface area contributed by atoms with Gasteiger partial charge < -0.3 is 16.0 Å². The van der Waals surface area contributed by atoms with Gasteiger partial charge in [-0.15, -0.1) is 12.4 Å². The first-order valence-electron chi connectivity index (χ1n) is 8.42. The molecule has 2 amide bonds. The first kappa shape index (κ1) is 18.7. The standard InChI is InChI=1S/C18H25N3O2.ClH/c1-18(19)10-6-5-9-15(18)17(23)20-13-11-16(22)21(12-13)14-7-3-2-4-8-14;/h2-4,7-8,13,15H,5-6,9-12,19H2,1H3,(H,20,23);1H. The molecule has 1 heterocycles. The average molecular weight is 352 g/mol. The smallest absolute Gasteiger partial charge is 0.229 e. The van der Waals surface area contributed by atoms with Gasteiger partial charge >= 0.3 is 0 Å². The molecule has 6 heteroatoms. The maximum atomic E-state index is 12.6. The van der Waals surface area contributed by atoms with E-state index < -0.39 is 5.54 Å². The lowest BCUT2D eigenvalue weighted by molar-refractivity contribution is -0.128. The zero-order valence-corrected chi connectivity index (χ0v) is 14.8. The average Bonchev–Trinajstić information content (AvgIpc) is 2.88. The number of para-hydroxylation sites is 1. The third-order valence-corrected chi connectivity index (χ3v) is 5.11. The summed E-state index contributed by atoms with van der Waals surface area (Å²) in [4.78, 5) is 26.6. The highest BCUT2D eigenvalue weighted by Gasteiger charge is 2.40. The molecule has 3 atom stereocenters. The third kappa shape index (κ3) is 3.90. The van der Waals surface area contributed by atoms with Crippen LogP contribution in [0.1, 0.15) is 39.0 Å². The molecule has 0 bridgehead atoms. The van der Waals surface area contributed by atoms with Gasteiger partial charge in [0.25, 0.3) is 0 Å². The summed E-state index contributed by atoms with van der Waals surface area (Å²) >= 11 is 0. The van der Waals surface area contributed by atoms with Crippen molar-refractivity contribution in [2.75, 3.05) is 11.4 Å². The van der Waals surface area contributed by atoms with Crippen molar-refractivity contribution < 1.29 is 9.59 Å². The molecule has 1 aromatic carbocycles. The van der Waals surface area contributed by atoms with Crippen LogP contribution in [0.5, 0.6) is 0 Å². The van der Waals surface area contributed by atoms with Gasteiger partial charge in [0, 0.05) is 24.2 Å². The number of hydrogen-bond acceptors (Lipinski definition) is 3. The van der Waals surface area contributed by atoms with Crippen LogP contribution in [0.2, 0.25) is 0 Å². The van der Waals surface area contributed by atoms with Crippen molar-refractivity contribution in [3.63, 3.8) is 0 Å². The molecule has 2 fully saturated rings. The Morgan fingerprint density at radius 2 is 2.00 bits per heavy atom. The van der Waals surface area contributed by atoms with Gasteiger partial charge in [-0.05, 0) is 31.9 Å². The Hall–Kier alpha value is -1.59. The summed E-state index contributed by atoms with van der Waals surface area (Å²) in [7, 11) is 0. The number of anilines is 1. The molecule has 3 unspecified atom stereocenters. The lowest BCUT2D eigenvalue weighted by Crippen LogP contribution is -2.54. The van der Waals surface area contributed by atoms with Crippen LogP contribution in [0.3, 0.4) is 0 Å². The Morgan fingerprint density at radius 1 is 1.29 bits per heavy atom. The molecular weight excluding hydrogens is 326 g/mol. The van der Waals surface area contributed by atoms with Gasteiger partial charge in [0.05, 0.1) is 12.0 Å². The Morgan fingerprint density at radius 3 is 2.67 bits per heavy atom. The normalized spacial score (nSPS) is 29.9. The number of carbonyl (C=O) groups is 2.